The zero-order chi connectivity index (χ0) is 16.2. The molecular formula is C18H21N3O2. The average molecular weight is 311 g/mol. The molecule has 1 fully saturated rings. The fourth-order valence-electron chi connectivity index (χ4n) is 2.80. The van der Waals surface area contributed by atoms with Gasteiger partial charge in [0.05, 0.1) is 0 Å². The summed E-state index contributed by atoms with van der Waals surface area (Å²) >= 11 is 0. The second-order valence-corrected chi connectivity index (χ2v) is 5.91. The second-order valence-electron chi connectivity index (χ2n) is 5.91. The van der Waals surface area contributed by atoms with Gasteiger partial charge in [-0.25, -0.2) is 0 Å². The van der Waals surface area contributed by atoms with Crippen LogP contribution in [-0.4, -0.2) is 23.6 Å². The van der Waals surface area contributed by atoms with Crippen molar-refractivity contribution in [2.75, 3.05) is 23.3 Å². The predicted octanol–water partition coefficient (Wildman–Crippen LogP) is 2.63. The number of benzene rings is 1. The largest absolute Gasteiger partial charge is 0.372 e. The van der Waals surface area contributed by atoms with Gasteiger partial charge >= 0.3 is 0 Å². The normalized spacial score (nSPS) is 14.6. The van der Waals surface area contributed by atoms with Crippen LogP contribution in [0.3, 0.4) is 0 Å². The summed E-state index contributed by atoms with van der Waals surface area (Å²) in [6, 6.07) is 10.9. The minimum atomic E-state index is -0.270. The van der Waals surface area contributed by atoms with Gasteiger partial charge < -0.3 is 14.8 Å². The van der Waals surface area contributed by atoms with Crippen LogP contribution in [0.1, 0.15) is 29.6 Å². The Balaban J connectivity index is 1.68. The van der Waals surface area contributed by atoms with Gasteiger partial charge in [-0.1, -0.05) is 0 Å². The fourth-order valence-corrected chi connectivity index (χ4v) is 2.80. The number of aryl methyl sites for hydroxylation is 1. The highest BCUT2D eigenvalue weighted by molar-refractivity contribution is 6.04. The molecule has 5 nitrogen and oxygen atoms in total. The van der Waals surface area contributed by atoms with Gasteiger partial charge in [-0.2, -0.15) is 0 Å². The van der Waals surface area contributed by atoms with Gasteiger partial charge in [-0.05, 0) is 49.6 Å². The van der Waals surface area contributed by atoms with Crippen molar-refractivity contribution in [3.63, 3.8) is 0 Å². The SMILES string of the molecule is Cn1ccc(C(=O)Nc2ccc(N3CCCCC3)cc2)cc1=O. The molecule has 3 rings (SSSR count). The number of piperidine rings is 1. The van der Waals surface area contributed by atoms with Gasteiger partial charge in [0.15, 0.2) is 0 Å². The highest BCUT2D eigenvalue weighted by atomic mass is 16.2. The Morgan fingerprint density at radius 3 is 2.39 bits per heavy atom. The molecule has 2 aromatic rings. The maximum absolute atomic E-state index is 12.2. The van der Waals surface area contributed by atoms with Gasteiger partial charge in [0.25, 0.3) is 11.5 Å². The minimum absolute atomic E-state index is 0.196. The Hall–Kier alpha value is -2.56. The molecule has 1 saturated heterocycles. The van der Waals surface area contributed by atoms with Gasteiger partial charge in [0.2, 0.25) is 0 Å². The number of nitrogens with one attached hydrogen (secondary N) is 1. The van der Waals surface area contributed by atoms with E-state index in [0.717, 1.165) is 18.8 Å². The van der Waals surface area contributed by atoms with Crippen LogP contribution in [0.25, 0.3) is 0 Å². The standard InChI is InChI=1S/C18H21N3O2/c1-20-12-9-14(13-17(20)22)18(23)19-15-5-7-16(8-6-15)21-10-3-2-4-11-21/h5-9,12-13H,2-4,10-11H2,1H3,(H,19,23). The number of carbonyl (C=O) groups excluding carboxylic acids is 1. The van der Waals surface area contributed by atoms with Crippen LogP contribution in [0.5, 0.6) is 0 Å². The summed E-state index contributed by atoms with van der Waals surface area (Å²) in [7, 11) is 1.66. The van der Waals surface area contributed by atoms with Crippen LogP contribution >= 0.6 is 0 Å². The number of aromatic nitrogens is 1. The summed E-state index contributed by atoms with van der Waals surface area (Å²) in [5.74, 6) is -0.270. The van der Waals surface area contributed by atoms with Gasteiger partial charge in [0.1, 0.15) is 0 Å². The average Bonchev–Trinajstić information content (AvgIpc) is 2.59. The van der Waals surface area contributed by atoms with E-state index in [2.05, 4.69) is 10.2 Å². The molecule has 1 aliphatic heterocycles. The van der Waals surface area contributed by atoms with Crippen molar-refractivity contribution in [3.8, 4) is 0 Å². The van der Waals surface area contributed by atoms with Crippen molar-refractivity contribution in [2.45, 2.75) is 19.3 Å². The molecule has 1 amide bonds. The molecule has 0 spiro atoms. The van der Waals surface area contributed by atoms with E-state index in [0.29, 0.717) is 5.56 Å². The molecule has 23 heavy (non-hydrogen) atoms. The molecule has 0 radical (unpaired) electrons. The Labute approximate surface area is 135 Å². The lowest BCUT2D eigenvalue weighted by atomic mass is 10.1. The van der Waals surface area contributed by atoms with E-state index in [1.54, 1.807) is 19.3 Å². The number of pyridine rings is 1. The molecule has 1 aromatic carbocycles. The monoisotopic (exact) mass is 311 g/mol. The summed E-state index contributed by atoms with van der Waals surface area (Å²) in [6.07, 6.45) is 5.38. The Bertz CT molecular complexity index is 744. The fraction of sp³-hybridized carbons (Fsp3) is 0.333. The maximum atomic E-state index is 12.2. The number of amides is 1. The summed E-state index contributed by atoms with van der Waals surface area (Å²) < 4.78 is 1.43. The number of carbonyl (C=O) groups is 1. The van der Waals surface area contributed by atoms with Crippen LogP contribution in [0.15, 0.2) is 47.4 Å². The number of anilines is 2. The zero-order valence-corrected chi connectivity index (χ0v) is 13.3. The summed E-state index contributed by atoms with van der Waals surface area (Å²) in [5.41, 5.74) is 2.10. The summed E-state index contributed by atoms with van der Waals surface area (Å²) in [5, 5.41) is 2.83. The molecule has 1 aromatic heterocycles. The third-order valence-corrected chi connectivity index (χ3v) is 4.21. The van der Waals surface area contributed by atoms with Crippen molar-refractivity contribution in [1.82, 2.24) is 4.57 Å². The van der Waals surface area contributed by atoms with Crippen molar-refractivity contribution < 1.29 is 4.79 Å². The lowest BCUT2D eigenvalue weighted by Gasteiger charge is -2.28. The van der Waals surface area contributed by atoms with E-state index in [-0.39, 0.29) is 11.5 Å². The number of hydrogen-bond acceptors (Lipinski definition) is 3. The molecule has 0 aliphatic carbocycles. The Kier molecular flexibility index (Phi) is 4.46. The predicted molar refractivity (Wildman–Crippen MR) is 92.1 cm³/mol. The first-order valence-corrected chi connectivity index (χ1v) is 7.96. The number of hydrogen-bond donors (Lipinski definition) is 1. The Morgan fingerprint density at radius 2 is 1.74 bits per heavy atom. The van der Waals surface area contributed by atoms with E-state index >= 15 is 0 Å². The highest BCUT2D eigenvalue weighted by Crippen LogP contribution is 2.22. The van der Waals surface area contributed by atoms with E-state index in [4.69, 9.17) is 0 Å². The zero-order valence-electron chi connectivity index (χ0n) is 13.3. The molecule has 0 bridgehead atoms. The molecular weight excluding hydrogens is 290 g/mol. The number of rotatable bonds is 3. The van der Waals surface area contributed by atoms with Crippen LogP contribution in [0.2, 0.25) is 0 Å². The van der Waals surface area contributed by atoms with E-state index < -0.39 is 0 Å². The smallest absolute Gasteiger partial charge is 0.255 e. The second kappa shape index (κ2) is 6.69. The highest BCUT2D eigenvalue weighted by Gasteiger charge is 2.11. The first-order chi connectivity index (χ1) is 11.1. The summed E-state index contributed by atoms with van der Waals surface area (Å²) in [4.78, 5) is 26.2. The van der Waals surface area contributed by atoms with E-state index in [1.165, 1.54) is 35.6 Å². The lowest BCUT2D eigenvalue weighted by Crippen LogP contribution is -2.29. The minimum Gasteiger partial charge on any atom is -0.372 e. The first kappa shape index (κ1) is 15.3. The van der Waals surface area contributed by atoms with Crippen LogP contribution < -0.4 is 15.8 Å². The van der Waals surface area contributed by atoms with E-state index in [9.17, 15) is 9.59 Å². The molecule has 2 heterocycles. The molecule has 0 atom stereocenters. The van der Waals surface area contributed by atoms with Crippen LogP contribution in [0, 0.1) is 0 Å². The quantitative estimate of drug-likeness (QED) is 0.948. The molecule has 120 valence electrons. The van der Waals surface area contributed by atoms with Crippen molar-refractivity contribution >= 4 is 17.3 Å². The van der Waals surface area contributed by atoms with Gasteiger partial charge in [0, 0.05) is 49.3 Å². The van der Waals surface area contributed by atoms with Crippen molar-refractivity contribution in [2.24, 2.45) is 7.05 Å². The number of nitrogens with zero attached hydrogens (tertiary/aromatic N) is 2. The topological polar surface area (TPSA) is 54.3 Å². The first-order valence-electron chi connectivity index (χ1n) is 7.96. The van der Waals surface area contributed by atoms with Crippen LogP contribution in [0.4, 0.5) is 11.4 Å². The Morgan fingerprint density at radius 1 is 1.04 bits per heavy atom. The third-order valence-electron chi connectivity index (χ3n) is 4.21. The summed E-state index contributed by atoms with van der Waals surface area (Å²) in [6.45, 7) is 2.19. The van der Waals surface area contributed by atoms with E-state index in [1.807, 2.05) is 24.3 Å². The molecule has 1 N–H and O–H groups in total. The maximum Gasteiger partial charge on any atom is 0.255 e. The van der Waals surface area contributed by atoms with Gasteiger partial charge in [-0.15, -0.1) is 0 Å². The molecule has 0 saturated carbocycles. The van der Waals surface area contributed by atoms with Crippen LogP contribution in [-0.2, 0) is 7.05 Å². The van der Waals surface area contributed by atoms with Crippen molar-refractivity contribution in [1.29, 1.82) is 0 Å². The van der Waals surface area contributed by atoms with Gasteiger partial charge in [-0.3, -0.25) is 9.59 Å². The molecule has 1 aliphatic rings. The van der Waals surface area contributed by atoms with Crippen molar-refractivity contribution in [3.05, 3.63) is 58.5 Å². The lowest BCUT2D eigenvalue weighted by molar-refractivity contribution is 0.102. The molecule has 5 heteroatoms. The third kappa shape index (κ3) is 3.62. The molecule has 0 unspecified atom stereocenters.